The largest absolute Gasteiger partial charge is 0.493 e. The van der Waals surface area contributed by atoms with Crippen LogP contribution in [0.2, 0.25) is 0 Å². The number of aliphatic hydroxyl groups is 1. The molecule has 2 unspecified atom stereocenters. The first-order valence-electron chi connectivity index (χ1n) is 7.40. The van der Waals surface area contributed by atoms with Gasteiger partial charge in [0.1, 0.15) is 5.75 Å². The Bertz CT molecular complexity index is 404. The molecular weight excluding hydrogens is 254 g/mol. The van der Waals surface area contributed by atoms with Gasteiger partial charge in [-0.1, -0.05) is 18.2 Å². The zero-order valence-electron chi connectivity index (χ0n) is 12.4. The third kappa shape index (κ3) is 4.20. The number of hydrogen-bond donors (Lipinski definition) is 1. The minimum Gasteiger partial charge on any atom is -0.493 e. The number of benzene rings is 1. The van der Waals surface area contributed by atoms with Gasteiger partial charge in [-0.05, 0) is 32.9 Å². The fraction of sp³-hybridized carbons (Fsp3) is 0.625. The van der Waals surface area contributed by atoms with Crippen LogP contribution < -0.4 is 4.74 Å². The molecule has 0 spiro atoms. The van der Waals surface area contributed by atoms with Crippen molar-refractivity contribution in [3.05, 3.63) is 29.8 Å². The van der Waals surface area contributed by atoms with E-state index in [1.54, 1.807) is 0 Å². The Balaban J connectivity index is 1.91. The van der Waals surface area contributed by atoms with E-state index < -0.39 is 6.10 Å². The van der Waals surface area contributed by atoms with Crippen molar-refractivity contribution in [3.8, 4) is 5.75 Å². The SMILES string of the molecule is CCOc1ccccc1C(O)CN(C)CC1CCCO1. The van der Waals surface area contributed by atoms with Gasteiger partial charge >= 0.3 is 0 Å². The van der Waals surface area contributed by atoms with Crippen LogP contribution in [0.5, 0.6) is 5.75 Å². The molecule has 1 N–H and O–H groups in total. The summed E-state index contributed by atoms with van der Waals surface area (Å²) in [6.45, 7) is 4.88. The van der Waals surface area contributed by atoms with E-state index >= 15 is 0 Å². The third-order valence-electron chi connectivity index (χ3n) is 3.60. The molecule has 112 valence electrons. The summed E-state index contributed by atoms with van der Waals surface area (Å²) in [4.78, 5) is 2.13. The van der Waals surface area contributed by atoms with E-state index in [2.05, 4.69) is 4.90 Å². The van der Waals surface area contributed by atoms with E-state index in [-0.39, 0.29) is 0 Å². The van der Waals surface area contributed by atoms with Crippen molar-refractivity contribution in [1.29, 1.82) is 0 Å². The van der Waals surface area contributed by atoms with E-state index in [9.17, 15) is 5.11 Å². The van der Waals surface area contributed by atoms with E-state index in [0.717, 1.165) is 37.3 Å². The average Bonchev–Trinajstić information content (AvgIpc) is 2.92. The highest BCUT2D eigenvalue weighted by molar-refractivity contribution is 5.35. The van der Waals surface area contributed by atoms with Crippen LogP contribution in [0.25, 0.3) is 0 Å². The molecule has 1 aliphatic rings. The Labute approximate surface area is 121 Å². The topological polar surface area (TPSA) is 41.9 Å². The molecule has 0 aliphatic carbocycles. The molecule has 0 aromatic heterocycles. The summed E-state index contributed by atoms with van der Waals surface area (Å²) < 4.78 is 11.2. The Morgan fingerprint density at radius 1 is 1.45 bits per heavy atom. The van der Waals surface area contributed by atoms with Crippen molar-refractivity contribution in [2.24, 2.45) is 0 Å². The van der Waals surface area contributed by atoms with Crippen LogP contribution in [-0.2, 0) is 4.74 Å². The Morgan fingerprint density at radius 2 is 2.25 bits per heavy atom. The normalized spacial score (nSPS) is 20.3. The monoisotopic (exact) mass is 279 g/mol. The van der Waals surface area contributed by atoms with Gasteiger partial charge in [0.2, 0.25) is 0 Å². The molecule has 4 nitrogen and oxygen atoms in total. The first kappa shape index (κ1) is 15.3. The van der Waals surface area contributed by atoms with Gasteiger partial charge in [-0.2, -0.15) is 0 Å². The maximum atomic E-state index is 10.4. The summed E-state index contributed by atoms with van der Waals surface area (Å²) in [6, 6.07) is 7.69. The summed E-state index contributed by atoms with van der Waals surface area (Å²) in [5, 5.41) is 10.4. The number of hydrogen-bond acceptors (Lipinski definition) is 4. The molecule has 0 radical (unpaired) electrons. The van der Waals surface area contributed by atoms with Gasteiger partial charge in [0.05, 0.1) is 18.8 Å². The van der Waals surface area contributed by atoms with Crippen LogP contribution >= 0.6 is 0 Å². The van der Waals surface area contributed by atoms with Crippen molar-refractivity contribution >= 4 is 0 Å². The molecule has 4 heteroatoms. The fourth-order valence-electron chi connectivity index (χ4n) is 2.65. The summed E-state index contributed by atoms with van der Waals surface area (Å²) >= 11 is 0. The first-order chi connectivity index (χ1) is 9.70. The molecule has 1 saturated heterocycles. The summed E-state index contributed by atoms with van der Waals surface area (Å²) in [5.41, 5.74) is 0.855. The van der Waals surface area contributed by atoms with Crippen molar-refractivity contribution in [1.82, 2.24) is 4.90 Å². The molecular formula is C16H25NO3. The van der Waals surface area contributed by atoms with Crippen LogP contribution in [0.1, 0.15) is 31.4 Å². The number of aliphatic hydroxyl groups excluding tert-OH is 1. The lowest BCUT2D eigenvalue weighted by molar-refractivity contribution is 0.0595. The smallest absolute Gasteiger partial charge is 0.125 e. The second-order valence-corrected chi connectivity index (χ2v) is 5.34. The predicted octanol–water partition coefficient (Wildman–Crippen LogP) is 2.23. The van der Waals surface area contributed by atoms with Crippen LogP contribution in [0.3, 0.4) is 0 Å². The van der Waals surface area contributed by atoms with Gasteiger partial charge in [-0.15, -0.1) is 0 Å². The number of para-hydroxylation sites is 1. The van der Waals surface area contributed by atoms with E-state index in [1.165, 1.54) is 0 Å². The first-order valence-corrected chi connectivity index (χ1v) is 7.40. The zero-order chi connectivity index (χ0) is 14.4. The fourth-order valence-corrected chi connectivity index (χ4v) is 2.65. The number of nitrogens with zero attached hydrogens (tertiary/aromatic N) is 1. The quantitative estimate of drug-likeness (QED) is 0.831. The van der Waals surface area contributed by atoms with Crippen molar-refractivity contribution in [3.63, 3.8) is 0 Å². The maximum Gasteiger partial charge on any atom is 0.125 e. The maximum absolute atomic E-state index is 10.4. The second kappa shape index (κ2) is 7.62. The van der Waals surface area contributed by atoms with Crippen LogP contribution in [0.4, 0.5) is 0 Å². The molecule has 0 bridgehead atoms. The summed E-state index contributed by atoms with van der Waals surface area (Å²) in [7, 11) is 2.02. The van der Waals surface area contributed by atoms with Crippen molar-refractivity contribution < 1.29 is 14.6 Å². The van der Waals surface area contributed by atoms with E-state index in [1.807, 2.05) is 38.2 Å². The second-order valence-electron chi connectivity index (χ2n) is 5.34. The van der Waals surface area contributed by atoms with Gasteiger partial charge in [-0.3, -0.25) is 0 Å². The minimum absolute atomic E-state index is 0.314. The number of ether oxygens (including phenoxy) is 2. The molecule has 0 saturated carbocycles. The molecule has 1 aromatic rings. The van der Waals surface area contributed by atoms with Crippen LogP contribution in [0.15, 0.2) is 24.3 Å². The molecule has 2 atom stereocenters. The van der Waals surface area contributed by atoms with Crippen molar-refractivity contribution in [2.75, 3.05) is 33.4 Å². The van der Waals surface area contributed by atoms with Gasteiger partial charge in [0, 0.05) is 25.3 Å². The lowest BCUT2D eigenvalue weighted by Crippen LogP contribution is -2.32. The third-order valence-corrected chi connectivity index (χ3v) is 3.60. The van der Waals surface area contributed by atoms with Gasteiger partial charge in [-0.25, -0.2) is 0 Å². The minimum atomic E-state index is -0.538. The Kier molecular flexibility index (Phi) is 5.83. The average molecular weight is 279 g/mol. The molecule has 1 heterocycles. The predicted molar refractivity (Wildman–Crippen MR) is 79.0 cm³/mol. The van der Waals surface area contributed by atoms with E-state index in [4.69, 9.17) is 9.47 Å². The van der Waals surface area contributed by atoms with Gasteiger partial charge < -0.3 is 19.5 Å². The molecule has 1 fully saturated rings. The number of rotatable bonds is 7. The van der Waals surface area contributed by atoms with Crippen LogP contribution in [0, 0.1) is 0 Å². The summed E-state index contributed by atoms with van der Waals surface area (Å²) in [5.74, 6) is 0.771. The highest BCUT2D eigenvalue weighted by Gasteiger charge is 2.20. The molecule has 0 amide bonds. The Hall–Kier alpha value is -1.10. The Morgan fingerprint density at radius 3 is 2.95 bits per heavy atom. The zero-order valence-corrected chi connectivity index (χ0v) is 12.4. The van der Waals surface area contributed by atoms with Crippen molar-refractivity contribution in [2.45, 2.75) is 32.0 Å². The standard InChI is InChI=1S/C16H25NO3/c1-3-19-16-9-5-4-8-14(16)15(18)12-17(2)11-13-7-6-10-20-13/h4-5,8-9,13,15,18H,3,6-7,10-12H2,1-2H3. The number of likely N-dealkylation sites (N-methyl/N-ethyl adjacent to an activating group) is 1. The van der Waals surface area contributed by atoms with E-state index in [0.29, 0.717) is 19.3 Å². The lowest BCUT2D eigenvalue weighted by atomic mass is 10.1. The highest BCUT2D eigenvalue weighted by Crippen LogP contribution is 2.25. The molecule has 2 rings (SSSR count). The van der Waals surface area contributed by atoms with Gasteiger partial charge in [0.25, 0.3) is 0 Å². The lowest BCUT2D eigenvalue weighted by Gasteiger charge is -2.24. The van der Waals surface area contributed by atoms with Gasteiger partial charge in [0.15, 0.2) is 0 Å². The molecule has 20 heavy (non-hydrogen) atoms. The molecule has 1 aromatic carbocycles. The molecule has 1 aliphatic heterocycles. The van der Waals surface area contributed by atoms with Crippen LogP contribution in [-0.4, -0.2) is 49.5 Å². The summed E-state index contributed by atoms with van der Waals surface area (Å²) in [6.07, 6.45) is 2.04. The highest BCUT2D eigenvalue weighted by atomic mass is 16.5.